The molecule has 1 rings (SSSR count). The second-order valence-corrected chi connectivity index (χ2v) is 4.13. The van der Waals surface area contributed by atoms with Gasteiger partial charge in [0.15, 0.2) is 0 Å². The van der Waals surface area contributed by atoms with E-state index in [-0.39, 0.29) is 6.04 Å². The first-order valence-corrected chi connectivity index (χ1v) is 5.75. The third-order valence-electron chi connectivity index (χ3n) is 2.73. The van der Waals surface area contributed by atoms with Crippen LogP contribution in [0.1, 0.15) is 37.3 Å². The summed E-state index contributed by atoms with van der Waals surface area (Å²) in [6, 6.07) is 5.44. The highest BCUT2D eigenvalue weighted by molar-refractivity contribution is 5.56. The Kier molecular flexibility index (Phi) is 5.08. The number of unbranched alkanes of at least 4 members (excludes halogenated alkanes) is 2. The van der Waals surface area contributed by atoms with E-state index in [1.54, 1.807) is 6.07 Å². The molecule has 0 aromatic heterocycles. The molecule has 0 aliphatic rings. The van der Waals surface area contributed by atoms with Crippen molar-refractivity contribution in [3.05, 3.63) is 23.8 Å². The van der Waals surface area contributed by atoms with Gasteiger partial charge in [-0.2, -0.15) is 0 Å². The molecule has 0 aliphatic carbocycles. The van der Waals surface area contributed by atoms with Gasteiger partial charge in [-0.25, -0.2) is 0 Å². The number of nitrogens with two attached hydrogens (primary N) is 4. The predicted molar refractivity (Wildman–Crippen MR) is 69.7 cm³/mol. The van der Waals surface area contributed by atoms with E-state index in [0.717, 1.165) is 43.5 Å². The second kappa shape index (κ2) is 6.35. The van der Waals surface area contributed by atoms with Gasteiger partial charge in [0.2, 0.25) is 0 Å². The van der Waals surface area contributed by atoms with E-state index in [4.69, 9.17) is 22.9 Å². The van der Waals surface area contributed by atoms with E-state index in [9.17, 15) is 0 Å². The summed E-state index contributed by atoms with van der Waals surface area (Å²) in [5.74, 6) is 0. The summed E-state index contributed by atoms with van der Waals surface area (Å²) in [7, 11) is 0. The average Bonchev–Trinajstić information content (AvgIpc) is 2.27. The number of hydrogen-bond acceptors (Lipinski definition) is 4. The molecule has 1 aromatic carbocycles. The minimum absolute atomic E-state index is 0.0266. The summed E-state index contributed by atoms with van der Waals surface area (Å²) in [5, 5.41) is 0. The zero-order valence-electron chi connectivity index (χ0n) is 9.65. The lowest BCUT2D eigenvalue weighted by atomic mass is 9.99. The van der Waals surface area contributed by atoms with Crippen molar-refractivity contribution < 1.29 is 0 Å². The van der Waals surface area contributed by atoms with E-state index in [1.165, 1.54) is 0 Å². The minimum atomic E-state index is -0.0266. The Morgan fingerprint density at radius 3 is 2.50 bits per heavy atom. The third-order valence-corrected chi connectivity index (χ3v) is 2.73. The molecule has 0 amide bonds. The molecule has 4 nitrogen and oxygen atoms in total. The van der Waals surface area contributed by atoms with Crippen LogP contribution in [0.15, 0.2) is 18.2 Å². The molecule has 4 heteroatoms. The van der Waals surface area contributed by atoms with Crippen LogP contribution in [0.3, 0.4) is 0 Å². The summed E-state index contributed by atoms with van der Waals surface area (Å²) in [6.07, 6.45) is 4.17. The molecule has 1 unspecified atom stereocenters. The van der Waals surface area contributed by atoms with Crippen LogP contribution in [0.2, 0.25) is 0 Å². The Balaban J connectivity index is 2.51. The largest absolute Gasteiger partial charge is 0.399 e. The Morgan fingerprint density at radius 2 is 1.81 bits per heavy atom. The van der Waals surface area contributed by atoms with E-state index in [1.807, 2.05) is 12.1 Å². The molecule has 0 fully saturated rings. The standard InChI is InChI=1S/C12H22N4/c13-7-3-1-2-4-11(15)10-8-9(14)5-6-12(10)16/h5-6,8,11H,1-4,7,13-16H2. The van der Waals surface area contributed by atoms with Gasteiger partial charge in [-0.15, -0.1) is 0 Å². The molecule has 0 saturated heterocycles. The normalized spacial score (nSPS) is 12.6. The first kappa shape index (κ1) is 12.8. The highest BCUT2D eigenvalue weighted by atomic mass is 14.7. The molecule has 1 atom stereocenters. The molecule has 16 heavy (non-hydrogen) atoms. The zero-order chi connectivity index (χ0) is 12.0. The molecular weight excluding hydrogens is 200 g/mol. The Hall–Kier alpha value is -1.26. The fraction of sp³-hybridized carbons (Fsp3) is 0.500. The van der Waals surface area contributed by atoms with Gasteiger partial charge in [0.05, 0.1) is 0 Å². The lowest BCUT2D eigenvalue weighted by Crippen LogP contribution is -2.13. The van der Waals surface area contributed by atoms with Gasteiger partial charge >= 0.3 is 0 Å². The fourth-order valence-corrected chi connectivity index (χ4v) is 1.76. The first-order valence-electron chi connectivity index (χ1n) is 5.75. The predicted octanol–water partition coefficient (Wildman–Crippen LogP) is 1.37. The fourth-order valence-electron chi connectivity index (χ4n) is 1.76. The van der Waals surface area contributed by atoms with Crippen LogP contribution >= 0.6 is 0 Å². The third kappa shape index (κ3) is 3.72. The van der Waals surface area contributed by atoms with Gasteiger partial charge in [-0.3, -0.25) is 0 Å². The second-order valence-electron chi connectivity index (χ2n) is 4.13. The summed E-state index contributed by atoms with van der Waals surface area (Å²) < 4.78 is 0. The van der Waals surface area contributed by atoms with Crippen LogP contribution in [-0.4, -0.2) is 6.54 Å². The first-order chi connectivity index (χ1) is 7.65. The molecular formula is C12H22N4. The molecule has 0 aliphatic heterocycles. The van der Waals surface area contributed by atoms with Gasteiger partial charge in [-0.05, 0) is 43.1 Å². The average molecular weight is 222 g/mol. The van der Waals surface area contributed by atoms with Crippen molar-refractivity contribution in [1.29, 1.82) is 0 Å². The van der Waals surface area contributed by atoms with Crippen molar-refractivity contribution >= 4 is 11.4 Å². The van der Waals surface area contributed by atoms with Crippen LogP contribution < -0.4 is 22.9 Å². The van der Waals surface area contributed by atoms with Crippen molar-refractivity contribution in [2.45, 2.75) is 31.7 Å². The summed E-state index contributed by atoms with van der Waals surface area (Å²) >= 11 is 0. The van der Waals surface area contributed by atoms with Gasteiger partial charge in [0.25, 0.3) is 0 Å². The Bertz CT molecular complexity index is 325. The SMILES string of the molecule is NCCCCCC(N)c1cc(N)ccc1N. The topological polar surface area (TPSA) is 104 Å². The highest BCUT2D eigenvalue weighted by Gasteiger charge is 2.09. The molecule has 0 spiro atoms. The molecule has 1 aromatic rings. The highest BCUT2D eigenvalue weighted by Crippen LogP contribution is 2.25. The quantitative estimate of drug-likeness (QED) is 0.431. The maximum atomic E-state index is 6.08. The summed E-state index contributed by atoms with van der Waals surface area (Å²) in [5.41, 5.74) is 25.5. The van der Waals surface area contributed by atoms with Crippen LogP contribution in [0.5, 0.6) is 0 Å². The van der Waals surface area contributed by atoms with Crippen molar-refractivity contribution in [1.82, 2.24) is 0 Å². The van der Waals surface area contributed by atoms with Crippen molar-refractivity contribution in [2.24, 2.45) is 11.5 Å². The number of rotatable bonds is 6. The van der Waals surface area contributed by atoms with Crippen molar-refractivity contribution in [3.8, 4) is 0 Å². The lowest BCUT2D eigenvalue weighted by molar-refractivity contribution is 0.574. The van der Waals surface area contributed by atoms with Crippen LogP contribution in [-0.2, 0) is 0 Å². The number of nitrogen functional groups attached to an aromatic ring is 2. The van der Waals surface area contributed by atoms with E-state index in [0.29, 0.717) is 5.69 Å². The van der Waals surface area contributed by atoms with Gasteiger partial charge < -0.3 is 22.9 Å². The molecule has 90 valence electrons. The molecule has 0 radical (unpaired) electrons. The zero-order valence-corrected chi connectivity index (χ0v) is 9.65. The van der Waals surface area contributed by atoms with Crippen LogP contribution in [0, 0.1) is 0 Å². The monoisotopic (exact) mass is 222 g/mol. The van der Waals surface area contributed by atoms with Gasteiger partial charge in [0.1, 0.15) is 0 Å². The molecule has 0 bridgehead atoms. The Labute approximate surface area is 97.0 Å². The van der Waals surface area contributed by atoms with Gasteiger partial charge in [0, 0.05) is 17.4 Å². The lowest BCUT2D eigenvalue weighted by Gasteiger charge is -2.14. The number of anilines is 2. The maximum absolute atomic E-state index is 6.08. The van der Waals surface area contributed by atoms with Crippen LogP contribution in [0.4, 0.5) is 11.4 Å². The smallest absolute Gasteiger partial charge is 0.0363 e. The van der Waals surface area contributed by atoms with E-state index < -0.39 is 0 Å². The van der Waals surface area contributed by atoms with Gasteiger partial charge in [-0.1, -0.05) is 12.8 Å². The Morgan fingerprint density at radius 1 is 1.06 bits per heavy atom. The van der Waals surface area contributed by atoms with Crippen molar-refractivity contribution in [2.75, 3.05) is 18.0 Å². The summed E-state index contributed by atoms with van der Waals surface area (Å²) in [6.45, 7) is 0.746. The maximum Gasteiger partial charge on any atom is 0.0363 e. The van der Waals surface area contributed by atoms with Crippen LogP contribution in [0.25, 0.3) is 0 Å². The minimum Gasteiger partial charge on any atom is -0.399 e. The number of benzene rings is 1. The number of hydrogen-bond donors (Lipinski definition) is 4. The van der Waals surface area contributed by atoms with E-state index >= 15 is 0 Å². The summed E-state index contributed by atoms with van der Waals surface area (Å²) in [4.78, 5) is 0. The van der Waals surface area contributed by atoms with Crippen molar-refractivity contribution in [3.63, 3.8) is 0 Å². The molecule has 8 N–H and O–H groups in total. The van der Waals surface area contributed by atoms with E-state index in [2.05, 4.69) is 0 Å². The molecule has 0 saturated carbocycles. The molecule has 0 heterocycles.